The summed E-state index contributed by atoms with van der Waals surface area (Å²) in [6.45, 7) is 1.97. The third-order valence-corrected chi connectivity index (χ3v) is 3.93. The lowest BCUT2D eigenvalue weighted by Gasteiger charge is -2.18. The monoisotopic (exact) mass is 328 g/mol. The second-order valence-corrected chi connectivity index (χ2v) is 5.37. The van der Waals surface area contributed by atoms with Gasteiger partial charge in [0, 0.05) is 12.1 Å². The number of hydrogen-bond acceptors (Lipinski definition) is 3. The summed E-state index contributed by atoms with van der Waals surface area (Å²) in [6, 6.07) is 5.72. The average Bonchev–Trinajstić information content (AvgIpc) is 2.66. The fourth-order valence-corrected chi connectivity index (χ4v) is 2.62. The molecule has 18 heavy (non-hydrogen) atoms. The van der Waals surface area contributed by atoms with E-state index < -0.39 is 0 Å². The maximum atomic E-state index is 6.04. The van der Waals surface area contributed by atoms with Crippen LogP contribution >= 0.6 is 27.5 Å². The molecule has 0 aliphatic rings. The second-order valence-electron chi connectivity index (χ2n) is 4.11. The van der Waals surface area contributed by atoms with Crippen LogP contribution in [0.4, 0.5) is 0 Å². The van der Waals surface area contributed by atoms with Crippen molar-refractivity contribution in [1.82, 2.24) is 15.2 Å². The SMILES string of the molecule is Cc1cc(C(NN)c2c(Br)cnn2C)ccc1Cl. The lowest BCUT2D eigenvalue weighted by Crippen LogP contribution is -2.30. The number of aromatic nitrogens is 2. The molecule has 1 atom stereocenters. The molecule has 1 aromatic heterocycles. The number of nitrogens with one attached hydrogen (secondary N) is 1. The zero-order chi connectivity index (χ0) is 13.3. The first-order valence-corrected chi connectivity index (χ1v) is 6.61. The summed E-state index contributed by atoms with van der Waals surface area (Å²) in [6.07, 6.45) is 1.75. The number of aryl methyl sites for hydroxylation is 2. The Labute approximate surface area is 119 Å². The molecule has 96 valence electrons. The fourth-order valence-electron chi connectivity index (χ4n) is 1.93. The molecule has 6 heteroatoms. The minimum absolute atomic E-state index is 0.136. The maximum absolute atomic E-state index is 6.04. The highest BCUT2D eigenvalue weighted by atomic mass is 79.9. The molecule has 4 nitrogen and oxygen atoms in total. The summed E-state index contributed by atoms with van der Waals surface area (Å²) < 4.78 is 2.71. The van der Waals surface area contributed by atoms with Crippen molar-refractivity contribution in [3.63, 3.8) is 0 Å². The van der Waals surface area contributed by atoms with Gasteiger partial charge in [-0.05, 0) is 40.0 Å². The van der Waals surface area contributed by atoms with E-state index >= 15 is 0 Å². The van der Waals surface area contributed by atoms with Gasteiger partial charge in [-0.15, -0.1) is 0 Å². The Morgan fingerprint density at radius 3 is 2.72 bits per heavy atom. The molecule has 0 saturated carbocycles. The van der Waals surface area contributed by atoms with E-state index in [4.69, 9.17) is 17.4 Å². The highest BCUT2D eigenvalue weighted by molar-refractivity contribution is 9.10. The van der Waals surface area contributed by atoms with E-state index in [9.17, 15) is 0 Å². The molecule has 0 aliphatic carbocycles. The second kappa shape index (κ2) is 5.40. The first-order valence-electron chi connectivity index (χ1n) is 5.44. The molecule has 0 amide bonds. The topological polar surface area (TPSA) is 55.9 Å². The number of rotatable bonds is 3. The van der Waals surface area contributed by atoms with Gasteiger partial charge in [-0.2, -0.15) is 5.10 Å². The average molecular weight is 330 g/mol. The van der Waals surface area contributed by atoms with Crippen LogP contribution in [0.25, 0.3) is 0 Å². The quantitative estimate of drug-likeness (QED) is 0.672. The Bertz CT molecular complexity index is 548. The van der Waals surface area contributed by atoms with Gasteiger partial charge in [-0.1, -0.05) is 23.7 Å². The van der Waals surface area contributed by atoms with Gasteiger partial charge in [0.25, 0.3) is 0 Å². The summed E-state index contributed by atoms with van der Waals surface area (Å²) in [5, 5.41) is 4.95. The van der Waals surface area contributed by atoms with Crippen LogP contribution in [0.2, 0.25) is 5.02 Å². The largest absolute Gasteiger partial charge is 0.271 e. The number of hydrogen-bond donors (Lipinski definition) is 2. The van der Waals surface area contributed by atoms with Gasteiger partial charge < -0.3 is 0 Å². The van der Waals surface area contributed by atoms with Crippen molar-refractivity contribution in [2.75, 3.05) is 0 Å². The molecule has 1 aromatic carbocycles. The van der Waals surface area contributed by atoms with E-state index in [0.29, 0.717) is 0 Å². The number of halogens is 2. The molecule has 1 unspecified atom stereocenters. The van der Waals surface area contributed by atoms with Crippen molar-refractivity contribution in [2.45, 2.75) is 13.0 Å². The highest BCUT2D eigenvalue weighted by Crippen LogP contribution is 2.29. The molecule has 3 N–H and O–H groups in total. The predicted octanol–water partition coefficient (Wildman–Crippen LogP) is 2.70. The van der Waals surface area contributed by atoms with E-state index in [1.54, 1.807) is 10.9 Å². The van der Waals surface area contributed by atoms with Crippen LogP contribution in [0.3, 0.4) is 0 Å². The fraction of sp³-hybridized carbons (Fsp3) is 0.250. The molecule has 0 bridgehead atoms. The smallest absolute Gasteiger partial charge is 0.0889 e. The Morgan fingerprint density at radius 2 is 2.22 bits per heavy atom. The molecule has 1 heterocycles. The Morgan fingerprint density at radius 1 is 1.50 bits per heavy atom. The summed E-state index contributed by atoms with van der Waals surface area (Å²) in [5.74, 6) is 5.68. The molecule has 0 aliphatic heterocycles. The predicted molar refractivity (Wildman–Crippen MR) is 76.3 cm³/mol. The molecule has 2 aromatic rings. The van der Waals surface area contributed by atoms with Gasteiger partial charge in [0.05, 0.1) is 22.4 Å². The molecule has 0 spiro atoms. The van der Waals surface area contributed by atoms with E-state index in [-0.39, 0.29) is 6.04 Å². The van der Waals surface area contributed by atoms with Crippen molar-refractivity contribution in [3.05, 3.63) is 50.7 Å². The zero-order valence-corrected chi connectivity index (χ0v) is 12.5. The van der Waals surface area contributed by atoms with E-state index in [2.05, 4.69) is 26.5 Å². The van der Waals surface area contributed by atoms with Crippen molar-refractivity contribution >= 4 is 27.5 Å². The molecular formula is C12H14BrClN4. The summed E-state index contributed by atoms with van der Waals surface area (Å²) in [4.78, 5) is 0. The lowest BCUT2D eigenvalue weighted by atomic mass is 10.0. The van der Waals surface area contributed by atoms with Crippen molar-refractivity contribution in [2.24, 2.45) is 12.9 Å². The van der Waals surface area contributed by atoms with Crippen LogP contribution in [0, 0.1) is 6.92 Å². The van der Waals surface area contributed by atoms with Gasteiger partial charge in [-0.25, -0.2) is 5.43 Å². The van der Waals surface area contributed by atoms with Gasteiger partial charge in [-0.3, -0.25) is 10.5 Å². The standard InChI is InChI=1S/C12H14BrClN4/c1-7-5-8(3-4-10(7)14)11(17-15)12-9(13)6-16-18(12)2/h3-6,11,17H,15H2,1-2H3. The lowest BCUT2D eigenvalue weighted by molar-refractivity contribution is 0.573. The first kappa shape index (κ1) is 13.5. The van der Waals surface area contributed by atoms with Crippen molar-refractivity contribution < 1.29 is 0 Å². The molecule has 0 saturated heterocycles. The van der Waals surface area contributed by atoms with Gasteiger partial charge in [0.1, 0.15) is 0 Å². The number of nitrogens with two attached hydrogens (primary N) is 1. The van der Waals surface area contributed by atoms with Gasteiger partial charge >= 0.3 is 0 Å². The van der Waals surface area contributed by atoms with Crippen LogP contribution in [-0.4, -0.2) is 9.78 Å². The number of benzene rings is 1. The zero-order valence-electron chi connectivity index (χ0n) is 10.1. The van der Waals surface area contributed by atoms with Crippen molar-refractivity contribution in [3.8, 4) is 0 Å². The molecule has 0 radical (unpaired) electrons. The van der Waals surface area contributed by atoms with Crippen LogP contribution in [0.1, 0.15) is 22.9 Å². The summed E-state index contributed by atoms with van der Waals surface area (Å²) >= 11 is 9.52. The van der Waals surface area contributed by atoms with Gasteiger partial charge in [0.15, 0.2) is 0 Å². The summed E-state index contributed by atoms with van der Waals surface area (Å²) in [7, 11) is 1.88. The minimum Gasteiger partial charge on any atom is -0.271 e. The van der Waals surface area contributed by atoms with Crippen LogP contribution in [0.5, 0.6) is 0 Å². The third-order valence-electron chi connectivity index (χ3n) is 2.89. The molecule has 0 fully saturated rings. The Hall–Kier alpha value is -0.880. The van der Waals surface area contributed by atoms with Crippen LogP contribution < -0.4 is 11.3 Å². The number of nitrogens with zero attached hydrogens (tertiary/aromatic N) is 2. The van der Waals surface area contributed by atoms with E-state index in [0.717, 1.165) is 26.3 Å². The van der Waals surface area contributed by atoms with E-state index in [1.165, 1.54) is 0 Å². The number of hydrazine groups is 1. The molecule has 2 rings (SSSR count). The highest BCUT2D eigenvalue weighted by Gasteiger charge is 2.19. The van der Waals surface area contributed by atoms with Crippen LogP contribution in [-0.2, 0) is 7.05 Å². The van der Waals surface area contributed by atoms with Crippen LogP contribution in [0.15, 0.2) is 28.9 Å². The van der Waals surface area contributed by atoms with Crippen molar-refractivity contribution in [1.29, 1.82) is 0 Å². The van der Waals surface area contributed by atoms with Gasteiger partial charge in [0.2, 0.25) is 0 Å². The third kappa shape index (κ3) is 2.44. The normalized spacial score (nSPS) is 12.7. The summed E-state index contributed by atoms with van der Waals surface area (Å²) in [5.41, 5.74) is 5.85. The molecular weight excluding hydrogens is 316 g/mol. The first-order chi connectivity index (χ1) is 8.54. The Kier molecular flexibility index (Phi) is 4.07. The Balaban J connectivity index is 2.48. The minimum atomic E-state index is -0.136. The maximum Gasteiger partial charge on any atom is 0.0889 e. The van der Waals surface area contributed by atoms with E-state index in [1.807, 2.05) is 32.2 Å².